The summed E-state index contributed by atoms with van der Waals surface area (Å²) in [4.78, 5) is 4.24. The van der Waals surface area contributed by atoms with Gasteiger partial charge in [0.25, 0.3) is 0 Å². The van der Waals surface area contributed by atoms with Gasteiger partial charge in [-0.1, -0.05) is 22.9 Å². The number of halogens is 1. The molecule has 3 nitrogen and oxygen atoms in total. The molecule has 0 aliphatic carbocycles. The van der Waals surface area contributed by atoms with Gasteiger partial charge in [-0.15, -0.1) is 11.3 Å². The number of aromatic nitrogens is 1. The second kappa shape index (κ2) is 7.03. The lowest BCUT2D eigenvalue weighted by atomic mass is 10.1. The van der Waals surface area contributed by atoms with Crippen LogP contribution in [0.3, 0.4) is 0 Å². The fourth-order valence-corrected chi connectivity index (χ4v) is 3.00. The highest BCUT2D eigenvalue weighted by Gasteiger charge is 2.09. The summed E-state index contributed by atoms with van der Waals surface area (Å²) in [6, 6.07) is 4.18. The summed E-state index contributed by atoms with van der Waals surface area (Å²) in [5, 5.41) is 6.30. The minimum Gasteiger partial charge on any atom is -0.486 e. The topological polar surface area (TPSA) is 34.1 Å². The Morgan fingerprint density at radius 1 is 1.42 bits per heavy atom. The van der Waals surface area contributed by atoms with Gasteiger partial charge in [0, 0.05) is 28.2 Å². The number of ether oxygens (including phenoxy) is 1. The van der Waals surface area contributed by atoms with Gasteiger partial charge in [-0.05, 0) is 31.2 Å². The summed E-state index contributed by atoms with van der Waals surface area (Å²) in [5.74, 6) is 0.958. The van der Waals surface area contributed by atoms with E-state index in [-0.39, 0.29) is 0 Å². The molecule has 1 aromatic heterocycles. The van der Waals surface area contributed by atoms with E-state index in [4.69, 9.17) is 4.74 Å². The van der Waals surface area contributed by atoms with E-state index in [0.717, 1.165) is 33.9 Å². The van der Waals surface area contributed by atoms with Crippen molar-refractivity contribution in [3.8, 4) is 5.75 Å². The van der Waals surface area contributed by atoms with Gasteiger partial charge in [-0.25, -0.2) is 4.98 Å². The van der Waals surface area contributed by atoms with E-state index in [1.807, 2.05) is 5.38 Å². The number of hydrogen-bond acceptors (Lipinski definition) is 4. The van der Waals surface area contributed by atoms with Crippen molar-refractivity contribution in [2.75, 3.05) is 6.54 Å². The number of hydrogen-bond donors (Lipinski definition) is 1. The van der Waals surface area contributed by atoms with Crippen molar-refractivity contribution in [2.24, 2.45) is 0 Å². The van der Waals surface area contributed by atoms with Gasteiger partial charge in [0.2, 0.25) is 0 Å². The largest absolute Gasteiger partial charge is 0.486 e. The molecule has 19 heavy (non-hydrogen) atoms. The Labute approximate surface area is 126 Å². The van der Waals surface area contributed by atoms with Crippen LogP contribution in [0.4, 0.5) is 0 Å². The molecule has 0 fully saturated rings. The van der Waals surface area contributed by atoms with Crippen LogP contribution in [0.15, 0.2) is 28.2 Å². The third-order valence-corrected chi connectivity index (χ3v) is 3.92. The molecule has 5 heteroatoms. The van der Waals surface area contributed by atoms with Gasteiger partial charge < -0.3 is 10.1 Å². The van der Waals surface area contributed by atoms with Crippen LogP contribution in [-0.4, -0.2) is 11.5 Å². The van der Waals surface area contributed by atoms with E-state index in [2.05, 4.69) is 52.2 Å². The fourth-order valence-electron chi connectivity index (χ4n) is 1.85. The molecular formula is C14H17BrN2OS. The highest BCUT2D eigenvalue weighted by atomic mass is 79.9. The normalized spacial score (nSPS) is 10.7. The quantitative estimate of drug-likeness (QED) is 0.865. The summed E-state index contributed by atoms with van der Waals surface area (Å²) >= 11 is 5.15. The van der Waals surface area contributed by atoms with E-state index in [1.165, 1.54) is 5.56 Å². The number of thiazole rings is 1. The molecule has 0 radical (unpaired) electrons. The molecule has 2 aromatic rings. The minimum atomic E-state index is 0.527. The molecule has 1 N–H and O–H groups in total. The van der Waals surface area contributed by atoms with Gasteiger partial charge in [-0.2, -0.15) is 0 Å². The molecule has 0 unspecified atom stereocenters. The fraction of sp³-hybridized carbons (Fsp3) is 0.357. The molecule has 0 aliphatic rings. The van der Waals surface area contributed by atoms with E-state index in [9.17, 15) is 0 Å². The first-order chi connectivity index (χ1) is 9.20. The van der Waals surface area contributed by atoms with E-state index >= 15 is 0 Å². The molecule has 1 aromatic carbocycles. The van der Waals surface area contributed by atoms with Crippen LogP contribution in [0.2, 0.25) is 0 Å². The minimum absolute atomic E-state index is 0.527. The number of rotatable bonds is 6. The van der Waals surface area contributed by atoms with Gasteiger partial charge in [0.05, 0.1) is 0 Å². The highest BCUT2D eigenvalue weighted by Crippen LogP contribution is 2.29. The molecule has 102 valence electrons. The maximum Gasteiger partial charge on any atom is 0.140 e. The van der Waals surface area contributed by atoms with Crippen LogP contribution in [0.5, 0.6) is 5.75 Å². The smallest absolute Gasteiger partial charge is 0.140 e. The van der Waals surface area contributed by atoms with E-state index < -0.39 is 0 Å². The zero-order valence-corrected chi connectivity index (χ0v) is 13.5. The van der Waals surface area contributed by atoms with Crippen molar-refractivity contribution < 1.29 is 4.74 Å². The second-order valence-electron chi connectivity index (χ2n) is 4.21. The predicted molar refractivity (Wildman–Crippen MR) is 82.7 cm³/mol. The average molecular weight is 341 g/mol. The molecule has 0 atom stereocenters. The average Bonchev–Trinajstić information content (AvgIpc) is 2.88. The molecule has 0 aliphatic heterocycles. The van der Waals surface area contributed by atoms with Crippen LogP contribution in [0, 0.1) is 6.92 Å². The summed E-state index contributed by atoms with van der Waals surface area (Å²) in [5.41, 5.74) is 2.31. The van der Waals surface area contributed by atoms with Crippen molar-refractivity contribution in [2.45, 2.75) is 27.0 Å². The van der Waals surface area contributed by atoms with Crippen molar-refractivity contribution in [1.82, 2.24) is 10.3 Å². The first kappa shape index (κ1) is 14.5. The Bertz CT molecular complexity index is 528. The number of nitrogens with one attached hydrogen (secondary N) is 1. The third kappa shape index (κ3) is 4.03. The van der Waals surface area contributed by atoms with Crippen molar-refractivity contribution >= 4 is 27.3 Å². The van der Waals surface area contributed by atoms with E-state index in [1.54, 1.807) is 17.5 Å². The molecule has 0 saturated heterocycles. The zero-order valence-electron chi connectivity index (χ0n) is 11.1. The van der Waals surface area contributed by atoms with Crippen LogP contribution < -0.4 is 10.1 Å². The van der Waals surface area contributed by atoms with Gasteiger partial charge in [-0.3, -0.25) is 0 Å². The number of aryl methyl sites for hydroxylation is 1. The van der Waals surface area contributed by atoms with Crippen LogP contribution in [0.25, 0.3) is 0 Å². The number of nitrogens with zero attached hydrogens (tertiary/aromatic N) is 1. The first-order valence-corrected chi connectivity index (χ1v) is 7.89. The first-order valence-electron chi connectivity index (χ1n) is 6.21. The van der Waals surface area contributed by atoms with Gasteiger partial charge >= 0.3 is 0 Å². The highest BCUT2D eigenvalue weighted by molar-refractivity contribution is 9.10. The van der Waals surface area contributed by atoms with Crippen molar-refractivity contribution in [3.05, 3.63) is 44.3 Å². The predicted octanol–water partition coefficient (Wildman–Crippen LogP) is 3.90. The molecule has 0 bridgehead atoms. The summed E-state index contributed by atoms with van der Waals surface area (Å²) in [7, 11) is 0. The van der Waals surface area contributed by atoms with Crippen molar-refractivity contribution in [1.29, 1.82) is 0 Å². The Hall–Kier alpha value is -0.910. The third-order valence-electron chi connectivity index (χ3n) is 2.71. The Kier molecular flexibility index (Phi) is 5.36. The Morgan fingerprint density at radius 2 is 2.26 bits per heavy atom. The monoisotopic (exact) mass is 340 g/mol. The summed E-state index contributed by atoms with van der Waals surface area (Å²) in [6.45, 7) is 6.44. The lowest BCUT2D eigenvalue weighted by Gasteiger charge is -2.14. The maximum atomic E-state index is 5.95. The van der Waals surface area contributed by atoms with Crippen LogP contribution >= 0.6 is 27.3 Å². The van der Waals surface area contributed by atoms with E-state index in [0.29, 0.717) is 6.61 Å². The SMILES string of the molecule is CCNCc1cc(Br)cc(C)c1OCc1nccs1. The summed E-state index contributed by atoms with van der Waals surface area (Å²) in [6.07, 6.45) is 1.80. The summed E-state index contributed by atoms with van der Waals surface area (Å²) < 4.78 is 7.03. The molecule has 1 heterocycles. The standard InChI is InChI=1S/C14H17BrN2OS/c1-3-16-8-11-7-12(15)6-10(2)14(11)18-9-13-17-4-5-19-13/h4-7,16H,3,8-9H2,1-2H3. The lowest BCUT2D eigenvalue weighted by Crippen LogP contribution is -2.13. The molecule has 0 amide bonds. The van der Waals surface area contributed by atoms with Gasteiger partial charge in [0.15, 0.2) is 0 Å². The zero-order chi connectivity index (χ0) is 13.7. The van der Waals surface area contributed by atoms with Crippen molar-refractivity contribution in [3.63, 3.8) is 0 Å². The second-order valence-corrected chi connectivity index (χ2v) is 6.10. The Balaban J connectivity index is 2.16. The molecule has 0 saturated carbocycles. The molecule has 0 spiro atoms. The van der Waals surface area contributed by atoms with Gasteiger partial charge in [0.1, 0.15) is 17.4 Å². The Morgan fingerprint density at radius 3 is 2.95 bits per heavy atom. The lowest BCUT2D eigenvalue weighted by molar-refractivity contribution is 0.299. The maximum absolute atomic E-state index is 5.95. The number of benzene rings is 1. The van der Waals surface area contributed by atoms with Crippen LogP contribution in [-0.2, 0) is 13.2 Å². The van der Waals surface area contributed by atoms with Crippen LogP contribution in [0.1, 0.15) is 23.1 Å². The molecular weight excluding hydrogens is 324 g/mol. The molecule has 2 rings (SSSR count).